The Bertz CT molecular complexity index is 1740. The van der Waals surface area contributed by atoms with Crippen LogP contribution in [0.1, 0.15) is 66.7 Å². The average Bonchev–Trinajstić information content (AvgIpc) is 3.81. The molecule has 13 nitrogen and oxygen atoms in total. The topological polar surface area (TPSA) is 169 Å². The Labute approximate surface area is 297 Å². The van der Waals surface area contributed by atoms with Crippen LogP contribution in [-0.2, 0) is 19.1 Å². The first-order valence-electron chi connectivity index (χ1n) is 16.3. The van der Waals surface area contributed by atoms with Crippen molar-refractivity contribution in [2.75, 3.05) is 19.0 Å². The number of amides is 3. The van der Waals surface area contributed by atoms with Crippen molar-refractivity contribution in [2.24, 2.45) is 11.3 Å². The molecule has 3 atom stereocenters. The van der Waals surface area contributed by atoms with Gasteiger partial charge in [-0.15, -0.1) is 11.3 Å². The zero-order chi connectivity index (χ0) is 35.6. The van der Waals surface area contributed by atoms with Crippen molar-refractivity contribution in [3.63, 3.8) is 0 Å². The van der Waals surface area contributed by atoms with Crippen LogP contribution in [0.2, 0.25) is 0 Å². The number of halogens is 1. The number of anilines is 1. The normalized spacial score (nSPS) is 18.8. The highest BCUT2D eigenvalue weighted by molar-refractivity contribution is 9.10. The van der Waals surface area contributed by atoms with E-state index in [9.17, 15) is 24.3 Å². The van der Waals surface area contributed by atoms with Gasteiger partial charge in [0.05, 0.1) is 29.3 Å². The molecule has 3 aromatic rings. The number of ether oxygens (including phenoxy) is 3. The lowest BCUT2D eigenvalue weighted by atomic mass is 9.85. The number of aliphatic carboxylic acids is 1. The zero-order valence-corrected chi connectivity index (χ0v) is 30.8. The van der Waals surface area contributed by atoms with Gasteiger partial charge in [-0.2, -0.15) is 0 Å². The molecule has 1 aliphatic heterocycles. The van der Waals surface area contributed by atoms with Crippen molar-refractivity contribution < 1.29 is 38.5 Å². The van der Waals surface area contributed by atoms with Crippen LogP contribution >= 0.6 is 27.3 Å². The molecule has 2 aromatic heterocycles. The first kappa shape index (κ1) is 36.3. The standard InChI is InChI=1S/C34H42BrN5O8S/c1-17(2)29(41)39-32-37-22(16-49-32)21-14-25(20-11-12-24(46-6)26(35)27(20)36-21)47-19-13-23(31(43)44)40(15-19)30(42)28(34(3,4)5)38-33(45)48-18-9-7-8-10-18/h11-12,14,16-19,23,28H,7-10,13,15H2,1-6H3,(H,38,45)(H,43,44)(H,37,39,41)/t19-,23-,28+/m0/s1. The number of carbonyl (C=O) groups is 4. The molecule has 1 saturated carbocycles. The van der Waals surface area contributed by atoms with Crippen LogP contribution in [0.5, 0.6) is 11.5 Å². The van der Waals surface area contributed by atoms with Gasteiger partial charge in [0.1, 0.15) is 41.5 Å². The Morgan fingerprint density at radius 1 is 1.06 bits per heavy atom. The van der Waals surface area contributed by atoms with Crippen LogP contribution in [0.3, 0.4) is 0 Å². The molecule has 3 N–H and O–H groups in total. The maximum Gasteiger partial charge on any atom is 0.408 e. The lowest BCUT2D eigenvalue weighted by Gasteiger charge is -2.34. The lowest BCUT2D eigenvalue weighted by molar-refractivity contribution is -0.150. The first-order chi connectivity index (χ1) is 23.2. The number of hydrogen-bond acceptors (Lipinski definition) is 10. The Morgan fingerprint density at radius 2 is 1.78 bits per heavy atom. The van der Waals surface area contributed by atoms with Crippen LogP contribution in [0.15, 0.2) is 28.1 Å². The number of carbonyl (C=O) groups excluding carboxylic acids is 3. The maximum absolute atomic E-state index is 14.0. The number of likely N-dealkylation sites (tertiary alicyclic amines) is 1. The summed E-state index contributed by atoms with van der Waals surface area (Å²) in [4.78, 5) is 62.3. The van der Waals surface area contributed by atoms with E-state index in [2.05, 4.69) is 31.5 Å². The van der Waals surface area contributed by atoms with E-state index in [1.54, 1.807) is 65.3 Å². The van der Waals surface area contributed by atoms with E-state index in [4.69, 9.17) is 19.2 Å². The minimum Gasteiger partial charge on any atom is -0.495 e. The summed E-state index contributed by atoms with van der Waals surface area (Å²) in [6.45, 7) is 8.97. The number of benzene rings is 1. The summed E-state index contributed by atoms with van der Waals surface area (Å²) in [7, 11) is 1.54. The molecule has 264 valence electrons. The summed E-state index contributed by atoms with van der Waals surface area (Å²) in [6.07, 6.45) is 1.95. The number of carboxylic acid groups (broad SMARTS) is 1. The second kappa shape index (κ2) is 14.9. The molecule has 1 aromatic carbocycles. The first-order valence-corrected chi connectivity index (χ1v) is 17.9. The Hall–Kier alpha value is -3.98. The van der Waals surface area contributed by atoms with E-state index in [0.717, 1.165) is 25.7 Å². The number of aromatic nitrogens is 2. The Morgan fingerprint density at radius 3 is 2.41 bits per heavy atom. The van der Waals surface area contributed by atoms with Gasteiger partial charge in [-0.1, -0.05) is 34.6 Å². The van der Waals surface area contributed by atoms with E-state index < -0.39 is 41.6 Å². The zero-order valence-electron chi connectivity index (χ0n) is 28.4. The number of thiazole rings is 1. The molecule has 0 radical (unpaired) electrons. The van der Waals surface area contributed by atoms with E-state index in [1.807, 2.05) is 0 Å². The minimum atomic E-state index is -1.18. The predicted molar refractivity (Wildman–Crippen MR) is 188 cm³/mol. The fraction of sp³-hybridized carbons (Fsp3) is 0.529. The lowest BCUT2D eigenvalue weighted by Crippen LogP contribution is -2.57. The van der Waals surface area contributed by atoms with E-state index in [1.165, 1.54) is 16.2 Å². The number of methoxy groups -OCH3 is 1. The summed E-state index contributed by atoms with van der Waals surface area (Å²) in [5.74, 6) is -1.14. The monoisotopic (exact) mass is 759 g/mol. The molecule has 0 bridgehead atoms. The highest BCUT2D eigenvalue weighted by Gasteiger charge is 2.46. The summed E-state index contributed by atoms with van der Waals surface area (Å²) >= 11 is 4.86. The summed E-state index contributed by atoms with van der Waals surface area (Å²) < 4.78 is 18.2. The predicted octanol–water partition coefficient (Wildman–Crippen LogP) is 6.24. The maximum atomic E-state index is 14.0. The summed E-state index contributed by atoms with van der Waals surface area (Å²) in [6, 6.07) is 3.05. The van der Waals surface area contributed by atoms with Gasteiger partial charge < -0.3 is 34.9 Å². The fourth-order valence-electron chi connectivity index (χ4n) is 5.96. The third-order valence-electron chi connectivity index (χ3n) is 8.66. The molecule has 49 heavy (non-hydrogen) atoms. The highest BCUT2D eigenvalue weighted by atomic mass is 79.9. The van der Waals surface area contributed by atoms with Gasteiger partial charge >= 0.3 is 12.1 Å². The van der Waals surface area contributed by atoms with E-state index in [0.29, 0.717) is 43.4 Å². The van der Waals surface area contributed by atoms with Gasteiger partial charge in [-0.3, -0.25) is 9.59 Å². The van der Waals surface area contributed by atoms with Gasteiger partial charge in [-0.05, 0) is 59.2 Å². The molecule has 3 heterocycles. The van der Waals surface area contributed by atoms with Gasteiger partial charge in [-0.25, -0.2) is 19.6 Å². The van der Waals surface area contributed by atoms with Crippen molar-refractivity contribution in [1.29, 1.82) is 0 Å². The Balaban J connectivity index is 1.43. The average molecular weight is 761 g/mol. The molecule has 0 unspecified atom stereocenters. The second-order valence-electron chi connectivity index (χ2n) is 13.7. The fourth-order valence-corrected chi connectivity index (χ4v) is 7.26. The quantitative estimate of drug-likeness (QED) is 0.215. The van der Waals surface area contributed by atoms with Crippen molar-refractivity contribution in [3.8, 4) is 22.9 Å². The largest absolute Gasteiger partial charge is 0.495 e. The molecule has 1 aliphatic carbocycles. The molecular formula is C34H42BrN5O8S. The molecule has 2 fully saturated rings. The van der Waals surface area contributed by atoms with Gasteiger partial charge in [0.25, 0.3) is 0 Å². The van der Waals surface area contributed by atoms with Gasteiger partial charge in [0.15, 0.2) is 5.13 Å². The molecule has 5 rings (SSSR count). The number of nitrogens with one attached hydrogen (secondary N) is 2. The van der Waals surface area contributed by atoms with Crippen LogP contribution in [0.4, 0.5) is 9.93 Å². The molecule has 3 amide bonds. The molecule has 2 aliphatic rings. The summed E-state index contributed by atoms with van der Waals surface area (Å²) in [5, 5.41) is 18.6. The second-order valence-corrected chi connectivity index (χ2v) is 15.4. The Kier molecular flexibility index (Phi) is 11.0. The number of fused-ring (bicyclic) bond motifs is 1. The molecule has 0 spiro atoms. The van der Waals surface area contributed by atoms with Crippen LogP contribution in [0.25, 0.3) is 22.3 Å². The highest BCUT2D eigenvalue weighted by Crippen LogP contribution is 2.40. The van der Waals surface area contributed by atoms with Crippen molar-refractivity contribution in [2.45, 2.75) is 91.0 Å². The van der Waals surface area contributed by atoms with Crippen LogP contribution < -0.4 is 20.1 Å². The molecule has 15 heteroatoms. The number of nitrogens with zero attached hydrogens (tertiary/aromatic N) is 3. The molecular weight excluding hydrogens is 718 g/mol. The minimum absolute atomic E-state index is 0.0169. The van der Waals surface area contributed by atoms with E-state index in [-0.39, 0.29) is 30.9 Å². The molecule has 1 saturated heterocycles. The number of rotatable bonds is 10. The summed E-state index contributed by atoms with van der Waals surface area (Å²) in [5.41, 5.74) is 0.735. The van der Waals surface area contributed by atoms with Crippen molar-refractivity contribution >= 4 is 67.2 Å². The van der Waals surface area contributed by atoms with Crippen LogP contribution in [-0.4, -0.2) is 81.8 Å². The van der Waals surface area contributed by atoms with Crippen molar-refractivity contribution in [3.05, 3.63) is 28.1 Å². The van der Waals surface area contributed by atoms with Crippen LogP contribution in [0, 0.1) is 11.3 Å². The van der Waals surface area contributed by atoms with Gasteiger partial charge in [0.2, 0.25) is 11.8 Å². The number of pyridine rings is 1. The third kappa shape index (κ3) is 8.26. The number of alkyl carbamates (subject to hydrolysis) is 1. The third-order valence-corrected chi connectivity index (χ3v) is 10.2. The number of carboxylic acids is 1. The SMILES string of the molecule is COc1ccc2c(O[C@H]3C[C@@H](C(=O)O)N(C(=O)[C@@H](NC(=O)OC4CCCC4)C(C)(C)C)C3)cc(-c3csc(NC(=O)C(C)C)n3)nc2c1Br. The van der Waals surface area contributed by atoms with Crippen molar-refractivity contribution in [1.82, 2.24) is 20.2 Å². The van der Waals surface area contributed by atoms with E-state index >= 15 is 0 Å². The van der Waals surface area contributed by atoms with Gasteiger partial charge in [0, 0.05) is 29.2 Å². The smallest absolute Gasteiger partial charge is 0.408 e. The number of hydrogen-bond donors (Lipinski definition) is 3.